The van der Waals surface area contributed by atoms with E-state index in [1.165, 1.54) is 6.07 Å². The number of halogens is 4. The Labute approximate surface area is 155 Å². The first-order valence-corrected chi connectivity index (χ1v) is 9.44. The van der Waals surface area contributed by atoms with Gasteiger partial charge in [-0.2, -0.15) is 13.2 Å². The highest BCUT2D eigenvalue weighted by atomic mass is 35.5. The van der Waals surface area contributed by atoms with Crippen molar-refractivity contribution in [3.8, 4) is 0 Å². The van der Waals surface area contributed by atoms with Crippen LogP contribution in [-0.4, -0.2) is 57.1 Å². The number of rotatable bonds is 8. The highest BCUT2D eigenvalue weighted by Crippen LogP contribution is 2.27. The topological polar surface area (TPSA) is 66.9 Å². The number of sulfonamides is 1. The molecule has 0 aliphatic rings. The van der Waals surface area contributed by atoms with Gasteiger partial charge in [-0.1, -0.05) is 29.4 Å². The van der Waals surface area contributed by atoms with E-state index >= 15 is 0 Å². The minimum atomic E-state index is -4.57. The lowest BCUT2D eigenvalue weighted by Gasteiger charge is -2.24. The van der Waals surface area contributed by atoms with E-state index in [2.05, 4.69) is 4.84 Å². The number of unbranched alkanes of at least 4 members (excludes halogenated alkanes) is 1. The molecule has 0 spiro atoms. The molecule has 1 amide bonds. The van der Waals surface area contributed by atoms with Crippen LogP contribution in [-0.2, 0) is 14.9 Å². The van der Waals surface area contributed by atoms with Gasteiger partial charge in [0.2, 0.25) is 0 Å². The number of benzene rings is 1. The smallest absolute Gasteiger partial charge is 0.330 e. The Morgan fingerprint density at radius 1 is 1.31 bits per heavy atom. The SMILES string of the molecule is CCCCN(CC(F)(F)F)C(=O)c1ccc(Cl)c(S(=O)(=O)N(C)OC)c1. The van der Waals surface area contributed by atoms with Crippen LogP contribution in [0.3, 0.4) is 0 Å². The van der Waals surface area contributed by atoms with E-state index < -0.39 is 33.5 Å². The number of nitrogens with zero attached hydrogens (tertiary/aromatic N) is 2. The average Bonchev–Trinajstić information content (AvgIpc) is 2.56. The van der Waals surface area contributed by atoms with Crippen molar-refractivity contribution in [2.75, 3.05) is 27.2 Å². The molecule has 0 aliphatic carbocycles. The predicted octanol–water partition coefficient (Wildman–Crippen LogP) is 3.33. The number of carbonyl (C=O) groups is 1. The molecule has 6 nitrogen and oxygen atoms in total. The molecule has 0 unspecified atom stereocenters. The van der Waals surface area contributed by atoms with Gasteiger partial charge in [-0.3, -0.25) is 9.63 Å². The minimum absolute atomic E-state index is 0.0997. The van der Waals surface area contributed by atoms with E-state index in [-0.39, 0.29) is 17.1 Å². The van der Waals surface area contributed by atoms with Crippen molar-refractivity contribution in [1.29, 1.82) is 0 Å². The van der Waals surface area contributed by atoms with Crippen LogP contribution in [0.25, 0.3) is 0 Å². The van der Waals surface area contributed by atoms with E-state index in [4.69, 9.17) is 11.6 Å². The highest BCUT2D eigenvalue weighted by Gasteiger charge is 2.34. The van der Waals surface area contributed by atoms with Gasteiger partial charge in [0.05, 0.1) is 12.1 Å². The molecule has 0 heterocycles. The van der Waals surface area contributed by atoms with Crippen LogP contribution in [0.2, 0.25) is 5.02 Å². The first kappa shape index (κ1) is 22.7. The lowest BCUT2D eigenvalue weighted by molar-refractivity contribution is -0.140. The fraction of sp³-hybridized carbons (Fsp3) is 0.533. The summed E-state index contributed by atoms with van der Waals surface area (Å²) in [5.41, 5.74) is -0.210. The number of alkyl halides is 3. The molecule has 1 aromatic carbocycles. The Morgan fingerprint density at radius 2 is 1.92 bits per heavy atom. The van der Waals surface area contributed by atoms with Gasteiger partial charge in [-0.25, -0.2) is 8.42 Å². The van der Waals surface area contributed by atoms with Gasteiger partial charge in [-0.05, 0) is 24.6 Å². The van der Waals surface area contributed by atoms with Crippen LogP contribution in [0.15, 0.2) is 23.1 Å². The second-order valence-electron chi connectivity index (χ2n) is 5.44. The molecular formula is C15H20ClF3N2O4S. The van der Waals surface area contributed by atoms with Crippen LogP contribution in [0.5, 0.6) is 0 Å². The Hall–Kier alpha value is -1.36. The lowest BCUT2D eigenvalue weighted by atomic mass is 10.2. The van der Waals surface area contributed by atoms with Crippen molar-refractivity contribution < 1.29 is 31.2 Å². The third-order valence-corrected chi connectivity index (χ3v) is 5.65. The summed E-state index contributed by atoms with van der Waals surface area (Å²) in [5.74, 6) is -0.927. The molecule has 0 N–H and O–H groups in total. The predicted molar refractivity (Wildman–Crippen MR) is 90.3 cm³/mol. The Morgan fingerprint density at radius 3 is 2.42 bits per heavy atom. The quantitative estimate of drug-likeness (QED) is 0.610. The second-order valence-corrected chi connectivity index (χ2v) is 7.75. The third-order valence-electron chi connectivity index (χ3n) is 3.49. The normalized spacial score (nSPS) is 12.5. The monoisotopic (exact) mass is 416 g/mol. The molecule has 1 rings (SSSR count). The molecule has 0 radical (unpaired) electrons. The molecule has 11 heteroatoms. The molecule has 0 aromatic heterocycles. The maximum atomic E-state index is 12.8. The van der Waals surface area contributed by atoms with Crippen molar-refractivity contribution in [2.45, 2.75) is 30.8 Å². The third kappa shape index (κ3) is 5.83. The first-order chi connectivity index (χ1) is 11.9. The molecule has 0 saturated heterocycles. The van der Waals surface area contributed by atoms with Crippen molar-refractivity contribution in [3.05, 3.63) is 28.8 Å². The number of amides is 1. The molecule has 0 atom stereocenters. The van der Waals surface area contributed by atoms with Gasteiger partial charge in [-0.15, -0.1) is 0 Å². The van der Waals surface area contributed by atoms with Crippen LogP contribution in [0, 0.1) is 0 Å². The van der Waals surface area contributed by atoms with Crippen molar-refractivity contribution in [1.82, 2.24) is 9.37 Å². The summed E-state index contributed by atoms with van der Waals surface area (Å²) in [5, 5.41) is -0.179. The summed E-state index contributed by atoms with van der Waals surface area (Å²) < 4.78 is 63.5. The van der Waals surface area contributed by atoms with E-state index in [1.54, 1.807) is 6.92 Å². The summed E-state index contributed by atoms with van der Waals surface area (Å²) in [4.78, 5) is 17.3. The molecule has 0 fully saturated rings. The minimum Gasteiger partial charge on any atom is -0.330 e. The number of hydrogen-bond donors (Lipinski definition) is 0. The van der Waals surface area contributed by atoms with Gasteiger partial charge in [0.1, 0.15) is 11.4 Å². The van der Waals surface area contributed by atoms with Gasteiger partial charge >= 0.3 is 6.18 Å². The standard InChI is InChI=1S/C15H20ClF3N2O4S/c1-4-5-8-21(10-15(17,18)19)14(22)11-6-7-12(16)13(9-11)26(23,24)20(2)25-3/h6-7,9H,4-5,8,10H2,1-3H3. The maximum Gasteiger partial charge on any atom is 0.406 e. The van der Waals surface area contributed by atoms with Crippen molar-refractivity contribution in [2.24, 2.45) is 0 Å². The average molecular weight is 417 g/mol. The van der Waals surface area contributed by atoms with Crippen molar-refractivity contribution in [3.63, 3.8) is 0 Å². The number of hydroxylamine groups is 1. The Bertz CT molecular complexity index is 741. The molecular weight excluding hydrogens is 397 g/mol. The molecule has 26 heavy (non-hydrogen) atoms. The summed E-state index contributed by atoms with van der Waals surface area (Å²) in [6.45, 7) is 0.260. The fourth-order valence-corrected chi connectivity index (χ4v) is 3.54. The van der Waals surface area contributed by atoms with Gasteiger partial charge in [0.25, 0.3) is 15.9 Å². The lowest BCUT2D eigenvalue weighted by Crippen LogP contribution is -2.39. The maximum absolute atomic E-state index is 12.8. The van der Waals surface area contributed by atoms with E-state index in [0.717, 1.165) is 26.3 Å². The zero-order chi connectivity index (χ0) is 20.1. The molecule has 148 valence electrons. The molecule has 1 aromatic rings. The fourth-order valence-electron chi connectivity index (χ4n) is 2.07. The van der Waals surface area contributed by atoms with Gasteiger partial charge in [0, 0.05) is 19.2 Å². The van der Waals surface area contributed by atoms with E-state index in [1.807, 2.05) is 0 Å². The Balaban J connectivity index is 3.28. The second kappa shape index (κ2) is 9.03. The van der Waals surface area contributed by atoms with E-state index in [9.17, 15) is 26.4 Å². The van der Waals surface area contributed by atoms with Gasteiger partial charge < -0.3 is 4.90 Å². The zero-order valence-electron chi connectivity index (χ0n) is 14.5. The summed E-state index contributed by atoms with van der Waals surface area (Å²) in [6.07, 6.45) is -3.59. The summed E-state index contributed by atoms with van der Waals surface area (Å²) in [7, 11) is -1.92. The van der Waals surface area contributed by atoms with Gasteiger partial charge in [0.15, 0.2) is 0 Å². The number of hydrogen-bond acceptors (Lipinski definition) is 4. The largest absolute Gasteiger partial charge is 0.406 e. The molecule has 0 bridgehead atoms. The van der Waals surface area contributed by atoms with Crippen molar-refractivity contribution >= 4 is 27.5 Å². The Kier molecular flexibility index (Phi) is 7.87. The zero-order valence-corrected chi connectivity index (χ0v) is 16.1. The summed E-state index contributed by atoms with van der Waals surface area (Å²) >= 11 is 5.89. The van der Waals surface area contributed by atoms with Crippen LogP contribution in [0.1, 0.15) is 30.1 Å². The molecule has 0 saturated carbocycles. The van der Waals surface area contributed by atoms with Crippen LogP contribution in [0.4, 0.5) is 13.2 Å². The van der Waals surface area contributed by atoms with Crippen LogP contribution >= 0.6 is 11.6 Å². The number of carbonyl (C=O) groups excluding carboxylic acids is 1. The van der Waals surface area contributed by atoms with E-state index in [0.29, 0.717) is 22.2 Å². The summed E-state index contributed by atoms with van der Waals surface area (Å²) in [6, 6.07) is 3.29. The highest BCUT2D eigenvalue weighted by molar-refractivity contribution is 7.89. The van der Waals surface area contributed by atoms with Crippen LogP contribution < -0.4 is 0 Å². The molecule has 0 aliphatic heterocycles. The first-order valence-electron chi connectivity index (χ1n) is 7.62.